The first-order valence-corrected chi connectivity index (χ1v) is 8.59. The molecule has 1 fully saturated rings. The van der Waals surface area contributed by atoms with E-state index >= 15 is 0 Å². The largest absolute Gasteiger partial charge is 0.381 e. The number of nitrogens with zero attached hydrogens (tertiary/aromatic N) is 4. The highest BCUT2D eigenvalue weighted by Gasteiger charge is 2.16. The van der Waals surface area contributed by atoms with Crippen LogP contribution in [-0.2, 0) is 4.74 Å². The number of rotatable bonds is 3. The number of H-pyrrole nitrogens is 1. The van der Waals surface area contributed by atoms with Crippen molar-refractivity contribution in [3.05, 3.63) is 42.9 Å². The van der Waals surface area contributed by atoms with Gasteiger partial charge in [-0.05, 0) is 18.9 Å². The van der Waals surface area contributed by atoms with Crippen LogP contribution in [0.15, 0.2) is 37.1 Å². The number of aromatic nitrogens is 5. The molecule has 8 heteroatoms. The summed E-state index contributed by atoms with van der Waals surface area (Å²) in [6.45, 7) is 1.52. The molecule has 1 aliphatic heterocycles. The third-order valence-corrected chi connectivity index (χ3v) is 4.74. The van der Waals surface area contributed by atoms with Gasteiger partial charge in [-0.15, -0.1) is 0 Å². The first-order chi connectivity index (χ1) is 12.8. The summed E-state index contributed by atoms with van der Waals surface area (Å²) in [6, 6.07) is 1.81. The van der Waals surface area contributed by atoms with Crippen LogP contribution in [-0.4, -0.2) is 43.6 Å². The van der Waals surface area contributed by atoms with Crippen molar-refractivity contribution in [3.8, 4) is 11.1 Å². The van der Waals surface area contributed by atoms with Crippen molar-refractivity contribution >= 4 is 22.6 Å². The maximum atomic E-state index is 14.3. The lowest BCUT2D eigenvalue weighted by atomic mass is 10.1. The summed E-state index contributed by atoms with van der Waals surface area (Å²) in [6.07, 6.45) is 10.6. The number of halogens is 1. The normalized spacial score (nSPS) is 15.7. The summed E-state index contributed by atoms with van der Waals surface area (Å²) in [5.41, 5.74) is 2.63. The van der Waals surface area contributed by atoms with E-state index in [1.54, 1.807) is 23.0 Å². The highest BCUT2D eigenvalue weighted by molar-refractivity contribution is 5.93. The van der Waals surface area contributed by atoms with E-state index in [9.17, 15) is 4.39 Å². The van der Waals surface area contributed by atoms with E-state index in [1.807, 2.05) is 12.4 Å². The zero-order valence-corrected chi connectivity index (χ0v) is 13.9. The van der Waals surface area contributed by atoms with Crippen LogP contribution in [0, 0.1) is 5.82 Å². The number of hydrogen-bond acceptors (Lipinski definition) is 5. The number of anilines is 1. The van der Waals surface area contributed by atoms with Gasteiger partial charge >= 0.3 is 0 Å². The predicted molar refractivity (Wildman–Crippen MR) is 95.5 cm³/mol. The Balaban J connectivity index is 1.50. The molecule has 7 nitrogen and oxygen atoms in total. The van der Waals surface area contributed by atoms with Crippen LogP contribution in [0.1, 0.15) is 12.8 Å². The fourth-order valence-electron chi connectivity index (χ4n) is 3.38. The van der Waals surface area contributed by atoms with E-state index in [-0.39, 0.29) is 5.82 Å². The minimum atomic E-state index is -0.361. The fourth-order valence-corrected chi connectivity index (χ4v) is 3.38. The molecule has 0 amide bonds. The summed E-state index contributed by atoms with van der Waals surface area (Å²) in [4.78, 5) is 16.2. The van der Waals surface area contributed by atoms with Crippen molar-refractivity contribution < 1.29 is 9.13 Å². The van der Waals surface area contributed by atoms with Gasteiger partial charge in [0.25, 0.3) is 0 Å². The number of pyridine rings is 1. The van der Waals surface area contributed by atoms with Crippen LogP contribution in [0.25, 0.3) is 27.8 Å². The third-order valence-electron chi connectivity index (χ3n) is 4.74. The van der Waals surface area contributed by atoms with E-state index in [4.69, 9.17) is 4.74 Å². The van der Waals surface area contributed by atoms with Gasteiger partial charge in [0, 0.05) is 66.8 Å². The van der Waals surface area contributed by atoms with E-state index < -0.39 is 0 Å². The van der Waals surface area contributed by atoms with E-state index in [1.165, 1.54) is 6.07 Å². The Morgan fingerprint density at radius 3 is 3.04 bits per heavy atom. The molecule has 0 unspecified atom stereocenters. The second kappa shape index (κ2) is 6.06. The average molecular weight is 352 g/mol. The zero-order chi connectivity index (χ0) is 17.5. The Hall–Kier alpha value is -3.00. The molecule has 0 atom stereocenters. The second-order valence-corrected chi connectivity index (χ2v) is 6.42. The van der Waals surface area contributed by atoms with Crippen LogP contribution >= 0.6 is 0 Å². The molecular formula is C18H17FN6O. The molecule has 26 heavy (non-hydrogen) atoms. The van der Waals surface area contributed by atoms with Gasteiger partial charge in [-0.25, -0.2) is 14.4 Å². The fraction of sp³-hybridized carbons (Fsp3) is 0.278. The molecule has 5 heterocycles. The summed E-state index contributed by atoms with van der Waals surface area (Å²) in [7, 11) is 0. The summed E-state index contributed by atoms with van der Waals surface area (Å²) >= 11 is 0. The molecule has 4 aromatic rings. The molecule has 0 aromatic carbocycles. The van der Waals surface area contributed by atoms with Gasteiger partial charge in [-0.1, -0.05) is 0 Å². The Morgan fingerprint density at radius 2 is 2.15 bits per heavy atom. The first-order valence-electron chi connectivity index (χ1n) is 8.59. The molecule has 0 saturated carbocycles. The van der Waals surface area contributed by atoms with Crippen LogP contribution < -0.4 is 5.32 Å². The maximum absolute atomic E-state index is 14.3. The minimum Gasteiger partial charge on any atom is -0.381 e. The van der Waals surface area contributed by atoms with Gasteiger partial charge in [0.15, 0.2) is 11.5 Å². The molecular weight excluding hydrogens is 335 g/mol. The monoisotopic (exact) mass is 352 g/mol. The number of nitrogens with one attached hydrogen (secondary N) is 2. The van der Waals surface area contributed by atoms with Gasteiger partial charge in [0.1, 0.15) is 5.65 Å². The minimum absolute atomic E-state index is 0.313. The summed E-state index contributed by atoms with van der Waals surface area (Å²) < 4.78 is 21.3. The van der Waals surface area contributed by atoms with Gasteiger partial charge in [0.2, 0.25) is 5.95 Å². The van der Waals surface area contributed by atoms with Crippen LogP contribution in [0.2, 0.25) is 0 Å². The Kier molecular flexibility index (Phi) is 3.56. The molecule has 0 bridgehead atoms. The predicted octanol–water partition coefficient (Wildman–Crippen LogP) is 3.00. The third kappa shape index (κ3) is 2.59. The van der Waals surface area contributed by atoms with E-state index in [0.29, 0.717) is 17.6 Å². The Bertz CT molecular complexity index is 1080. The Morgan fingerprint density at radius 1 is 1.27 bits per heavy atom. The molecule has 0 radical (unpaired) electrons. The summed E-state index contributed by atoms with van der Waals surface area (Å²) in [5, 5.41) is 4.21. The molecule has 2 N–H and O–H groups in total. The lowest BCUT2D eigenvalue weighted by Crippen LogP contribution is -2.28. The van der Waals surface area contributed by atoms with Gasteiger partial charge in [-0.2, -0.15) is 4.98 Å². The van der Waals surface area contributed by atoms with Crippen molar-refractivity contribution in [2.45, 2.75) is 18.9 Å². The van der Waals surface area contributed by atoms with Crippen molar-refractivity contribution in [1.82, 2.24) is 24.3 Å². The number of ether oxygens (including phenoxy) is 1. The quantitative estimate of drug-likeness (QED) is 0.592. The smallest absolute Gasteiger partial charge is 0.224 e. The van der Waals surface area contributed by atoms with E-state index in [2.05, 4.69) is 25.3 Å². The highest BCUT2D eigenvalue weighted by atomic mass is 19.1. The highest BCUT2D eigenvalue weighted by Crippen LogP contribution is 2.29. The first kappa shape index (κ1) is 15.3. The van der Waals surface area contributed by atoms with Gasteiger partial charge < -0.3 is 19.4 Å². The lowest BCUT2D eigenvalue weighted by molar-refractivity contribution is 0.0903. The van der Waals surface area contributed by atoms with Crippen molar-refractivity contribution in [1.29, 1.82) is 0 Å². The SMILES string of the molecule is Fc1cc(-c2c[nH]c3nc(NC4CCOCC4)ncc23)cn2ccnc12. The van der Waals surface area contributed by atoms with Crippen LogP contribution in [0.5, 0.6) is 0 Å². The van der Waals surface area contributed by atoms with Crippen LogP contribution in [0.4, 0.5) is 10.3 Å². The molecule has 5 rings (SSSR count). The van der Waals surface area contributed by atoms with Crippen molar-refractivity contribution in [2.75, 3.05) is 18.5 Å². The van der Waals surface area contributed by atoms with Gasteiger partial charge in [0.05, 0.1) is 0 Å². The average Bonchev–Trinajstić information content (AvgIpc) is 3.29. The van der Waals surface area contributed by atoms with Gasteiger partial charge in [-0.3, -0.25) is 0 Å². The second-order valence-electron chi connectivity index (χ2n) is 6.42. The van der Waals surface area contributed by atoms with Crippen molar-refractivity contribution in [2.24, 2.45) is 0 Å². The number of fused-ring (bicyclic) bond motifs is 2. The topological polar surface area (TPSA) is 80.1 Å². The van der Waals surface area contributed by atoms with Crippen molar-refractivity contribution in [3.63, 3.8) is 0 Å². The molecule has 0 spiro atoms. The molecule has 0 aliphatic carbocycles. The lowest BCUT2D eigenvalue weighted by Gasteiger charge is -2.22. The molecule has 1 saturated heterocycles. The van der Waals surface area contributed by atoms with E-state index in [0.717, 1.165) is 48.2 Å². The standard InChI is InChI=1S/C18H17FN6O/c19-15-7-11(10-25-4-3-20-17(15)25)13-8-21-16-14(13)9-22-18(24-16)23-12-1-5-26-6-2-12/h3-4,7-10,12H,1-2,5-6H2,(H2,21,22,23,24). The summed E-state index contributed by atoms with van der Waals surface area (Å²) in [5.74, 6) is 0.231. The maximum Gasteiger partial charge on any atom is 0.224 e. The number of imidazole rings is 1. The zero-order valence-electron chi connectivity index (χ0n) is 13.9. The number of aromatic amines is 1. The molecule has 1 aliphatic rings. The Labute approximate surface area is 148 Å². The molecule has 132 valence electrons. The van der Waals surface area contributed by atoms with Crippen LogP contribution in [0.3, 0.4) is 0 Å². The number of hydrogen-bond donors (Lipinski definition) is 2. The molecule has 4 aromatic heterocycles.